The molecule has 3 aromatic rings. The van der Waals surface area contributed by atoms with Crippen molar-refractivity contribution in [1.29, 1.82) is 0 Å². The predicted molar refractivity (Wildman–Crippen MR) is 134 cm³/mol. The van der Waals surface area contributed by atoms with E-state index in [-0.39, 0.29) is 20.9 Å². The minimum Gasteiger partial charge on any atom is -0.497 e. The fourth-order valence-corrected chi connectivity index (χ4v) is 5.31. The summed E-state index contributed by atoms with van der Waals surface area (Å²) in [4.78, 5) is 5.79. The highest BCUT2D eigenvalue weighted by Crippen LogP contribution is 2.39. The fourth-order valence-electron chi connectivity index (χ4n) is 3.71. The third kappa shape index (κ3) is 6.65. The predicted octanol–water partition coefficient (Wildman–Crippen LogP) is 5.55. The monoisotopic (exact) mass is 601 g/mol. The number of nitrogens with one attached hydrogen (secondary N) is 1. The Kier molecular flexibility index (Phi) is 7.85. The van der Waals surface area contributed by atoms with Crippen molar-refractivity contribution >= 4 is 31.6 Å². The van der Waals surface area contributed by atoms with Crippen LogP contribution in [0.5, 0.6) is 23.1 Å². The molecule has 4 rings (SSSR count). The van der Waals surface area contributed by atoms with Gasteiger partial charge in [0.15, 0.2) is 0 Å². The number of ether oxygens (including phenoxy) is 3. The van der Waals surface area contributed by atoms with E-state index in [0.29, 0.717) is 31.0 Å². The number of halogens is 4. The largest absolute Gasteiger partial charge is 0.497 e. The molecular weight excluding hydrogens is 579 g/mol. The second-order valence-corrected chi connectivity index (χ2v) is 10.9. The van der Waals surface area contributed by atoms with Crippen molar-refractivity contribution in [3.05, 3.63) is 64.8 Å². The number of pyridine rings is 1. The smallest absolute Gasteiger partial charge is 0.419 e. The highest BCUT2D eigenvalue weighted by atomic mass is 79.9. The average molecular weight is 602 g/mol. The Labute approximate surface area is 220 Å². The maximum Gasteiger partial charge on any atom is 0.419 e. The van der Waals surface area contributed by atoms with Crippen molar-refractivity contribution in [3.8, 4) is 23.1 Å². The molecule has 1 atom stereocenters. The van der Waals surface area contributed by atoms with Crippen molar-refractivity contribution < 1.29 is 35.8 Å². The summed E-state index contributed by atoms with van der Waals surface area (Å²) in [6.45, 7) is 1.16. The van der Waals surface area contributed by atoms with Crippen LogP contribution in [0.25, 0.3) is 0 Å². The van der Waals surface area contributed by atoms with Crippen molar-refractivity contribution in [2.45, 2.75) is 23.6 Å². The van der Waals surface area contributed by atoms with Gasteiger partial charge in [-0.15, -0.1) is 0 Å². The number of sulfonamides is 1. The van der Waals surface area contributed by atoms with Gasteiger partial charge in [0, 0.05) is 25.2 Å². The number of alkyl halides is 3. The summed E-state index contributed by atoms with van der Waals surface area (Å²) in [5.41, 5.74) is -1.06. The molecule has 198 valence electrons. The van der Waals surface area contributed by atoms with Crippen LogP contribution in [0.4, 0.5) is 18.9 Å². The lowest BCUT2D eigenvalue weighted by atomic mass is 10.1. The zero-order valence-corrected chi connectivity index (χ0v) is 22.2. The minimum absolute atomic E-state index is 0.0813. The molecule has 1 fully saturated rings. The quantitative estimate of drug-likeness (QED) is 0.362. The number of hydrogen-bond donors (Lipinski definition) is 1. The van der Waals surface area contributed by atoms with Gasteiger partial charge in [0.25, 0.3) is 10.0 Å². The van der Waals surface area contributed by atoms with Crippen molar-refractivity contribution in [3.63, 3.8) is 0 Å². The van der Waals surface area contributed by atoms with E-state index in [1.165, 1.54) is 13.2 Å². The van der Waals surface area contributed by atoms with Gasteiger partial charge in [0.1, 0.15) is 28.2 Å². The van der Waals surface area contributed by atoms with Crippen LogP contribution in [0.3, 0.4) is 0 Å². The molecule has 0 radical (unpaired) electrons. The molecule has 0 spiro atoms. The van der Waals surface area contributed by atoms with E-state index in [1.54, 1.807) is 24.3 Å². The van der Waals surface area contributed by atoms with Gasteiger partial charge in [0.05, 0.1) is 29.0 Å². The number of anilines is 1. The van der Waals surface area contributed by atoms with Gasteiger partial charge in [-0.05, 0) is 59.7 Å². The molecule has 1 N–H and O–H groups in total. The Morgan fingerprint density at radius 1 is 1.14 bits per heavy atom. The second kappa shape index (κ2) is 10.8. The number of rotatable bonds is 8. The molecule has 1 saturated heterocycles. The zero-order valence-electron chi connectivity index (χ0n) is 19.8. The van der Waals surface area contributed by atoms with E-state index < -0.39 is 33.6 Å². The molecule has 37 heavy (non-hydrogen) atoms. The Hall–Kier alpha value is -3.03. The topological polar surface area (TPSA) is 90.0 Å². The van der Waals surface area contributed by atoms with Gasteiger partial charge < -0.3 is 19.1 Å². The van der Waals surface area contributed by atoms with E-state index in [1.807, 2.05) is 11.9 Å². The molecule has 0 unspecified atom stereocenters. The first-order chi connectivity index (χ1) is 17.4. The highest BCUT2D eigenvalue weighted by Gasteiger charge is 2.36. The number of methoxy groups -OCH3 is 1. The van der Waals surface area contributed by atoms with Crippen molar-refractivity contribution in [1.82, 2.24) is 9.88 Å². The van der Waals surface area contributed by atoms with Crippen molar-refractivity contribution in [2.75, 3.05) is 32.0 Å². The molecule has 0 bridgehead atoms. The fraction of sp³-hybridized carbons (Fsp3) is 0.292. The summed E-state index contributed by atoms with van der Waals surface area (Å²) in [5.74, 6) is 0.664. The molecule has 0 saturated carbocycles. The molecule has 2 aromatic carbocycles. The number of benzene rings is 2. The lowest BCUT2D eigenvalue weighted by Crippen LogP contribution is -2.23. The number of aromatic nitrogens is 1. The minimum atomic E-state index is -4.66. The third-order valence-corrected chi connectivity index (χ3v) is 7.45. The molecule has 0 aliphatic carbocycles. The first kappa shape index (κ1) is 27.0. The molecule has 1 aromatic heterocycles. The SMILES string of the molecule is COc1cccc(Oc2ncc(S(=O)(=O)Nc3ccc(C(F)(F)F)c(O[C@@H]4CCN(C)C4)c3)cc2Br)c1. The maximum atomic E-state index is 13.6. The molecule has 13 heteroatoms. The Bertz CT molecular complexity index is 1390. The zero-order chi connectivity index (χ0) is 26.8. The Morgan fingerprint density at radius 3 is 2.54 bits per heavy atom. The van der Waals surface area contributed by atoms with Gasteiger partial charge in [-0.3, -0.25) is 4.72 Å². The normalized spacial score (nSPS) is 16.4. The standard InChI is InChI=1S/C24H23BrF3N3O5S/c1-31-9-8-18(14-31)35-22-10-15(6-7-20(22)24(26,27)28)30-37(32,33)19-12-21(25)23(29-13-19)36-17-5-3-4-16(11-17)34-2/h3-7,10-13,18,30H,8-9,14H2,1-2H3/t18-/m1/s1. The van der Waals surface area contributed by atoms with Crippen LogP contribution >= 0.6 is 15.9 Å². The van der Waals surface area contributed by atoms with Gasteiger partial charge in [0.2, 0.25) is 5.88 Å². The Morgan fingerprint density at radius 2 is 1.89 bits per heavy atom. The van der Waals surface area contributed by atoms with Crippen LogP contribution in [-0.2, 0) is 16.2 Å². The molecule has 0 amide bonds. The number of likely N-dealkylation sites (tertiary alicyclic amines) is 1. The lowest BCUT2D eigenvalue weighted by molar-refractivity contribution is -0.139. The van der Waals surface area contributed by atoms with Crippen LogP contribution in [0, 0.1) is 0 Å². The first-order valence-electron chi connectivity index (χ1n) is 11.0. The van der Waals surface area contributed by atoms with Gasteiger partial charge in [-0.1, -0.05) is 6.07 Å². The van der Waals surface area contributed by atoms with Gasteiger partial charge in [-0.2, -0.15) is 13.2 Å². The summed E-state index contributed by atoms with van der Waals surface area (Å²) >= 11 is 3.25. The van der Waals surface area contributed by atoms with Crippen LogP contribution in [0.1, 0.15) is 12.0 Å². The summed E-state index contributed by atoms with van der Waals surface area (Å²) in [6.07, 6.45) is -3.45. The first-order valence-corrected chi connectivity index (χ1v) is 13.3. The van der Waals surface area contributed by atoms with Gasteiger partial charge in [-0.25, -0.2) is 13.4 Å². The van der Waals surface area contributed by atoms with Crippen LogP contribution < -0.4 is 18.9 Å². The van der Waals surface area contributed by atoms with E-state index in [9.17, 15) is 21.6 Å². The Balaban J connectivity index is 1.55. The highest BCUT2D eigenvalue weighted by molar-refractivity contribution is 9.10. The van der Waals surface area contributed by atoms with Gasteiger partial charge >= 0.3 is 6.18 Å². The van der Waals surface area contributed by atoms with E-state index in [2.05, 4.69) is 25.6 Å². The lowest BCUT2D eigenvalue weighted by Gasteiger charge is -2.19. The van der Waals surface area contributed by atoms with E-state index in [4.69, 9.17) is 14.2 Å². The number of likely N-dealkylation sites (N-methyl/N-ethyl adjacent to an activating group) is 1. The summed E-state index contributed by atoms with van der Waals surface area (Å²) < 4.78 is 85.6. The average Bonchev–Trinajstić information content (AvgIpc) is 3.24. The van der Waals surface area contributed by atoms with Crippen LogP contribution in [0.2, 0.25) is 0 Å². The molecule has 1 aliphatic rings. The number of hydrogen-bond acceptors (Lipinski definition) is 7. The van der Waals surface area contributed by atoms with Crippen molar-refractivity contribution in [2.24, 2.45) is 0 Å². The summed E-state index contributed by atoms with van der Waals surface area (Å²) in [7, 11) is -0.842. The van der Waals surface area contributed by atoms with Crippen LogP contribution in [0.15, 0.2) is 64.1 Å². The van der Waals surface area contributed by atoms with Crippen LogP contribution in [-0.4, -0.2) is 51.7 Å². The molecule has 1 aliphatic heterocycles. The third-order valence-electron chi connectivity index (χ3n) is 5.53. The molecular formula is C24H23BrF3N3O5S. The number of nitrogens with zero attached hydrogens (tertiary/aromatic N) is 2. The summed E-state index contributed by atoms with van der Waals surface area (Å²) in [5, 5.41) is 0. The van der Waals surface area contributed by atoms with E-state index >= 15 is 0 Å². The molecule has 8 nitrogen and oxygen atoms in total. The second-order valence-electron chi connectivity index (χ2n) is 8.34. The summed E-state index contributed by atoms with van der Waals surface area (Å²) in [6, 6.07) is 10.9. The van der Waals surface area contributed by atoms with E-state index in [0.717, 1.165) is 24.4 Å². The maximum absolute atomic E-state index is 13.6. The molecule has 2 heterocycles.